The number of benzene rings is 2. The molecule has 0 spiro atoms. The van der Waals surface area contributed by atoms with E-state index in [2.05, 4.69) is 20.3 Å². The summed E-state index contributed by atoms with van der Waals surface area (Å²) in [5.74, 6) is 2.52. The first kappa shape index (κ1) is 20.4. The Morgan fingerprint density at radius 2 is 1.87 bits per heavy atom. The van der Waals surface area contributed by atoms with Crippen molar-refractivity contribution < 1.29 is 14.3 Å². The van der Waals surface area contributed by atoms with Crippen molar-refractivity contribution in [2.75, 3.05) is 12.4 Å². The van der Waals surface area contributed by atoms with Gasteiger partial charge in [0.15, 0.2) is 0 Å². The van der Waals surface area contributed by atoms with Crippen molar-refractivity contribution in [3.8, 4) is 23.2 Å². The molecule has 4 rings (SSSR count). The van der Waals surface area contributed by atoms with Crippen molar-refractivity contribution in [2.24, 2.45) is 0 Å². The van der Waals surface area contributed by atoms with Gasteiger partial charge in [0, 0.05) is 29.2 Å². The number of aromatic nitrogens is 4. The lowest BCUT2D eigenvalue weighted by Crippen LogP contribution is -2.13. The molecule has 4 aromatic rings. The van der Waals surface area contributed by atoms with E-state index in [4.69, 9.17) is 21.1 Å². The van der Waals surface area contributed by atoms with E-state index in [0.717, 1.165) is 5.82 Å². The summed E-state index contributed by atoms with van der Waals surface area (Å²) in [5, 5.41) is 3.26. The average Bonchev–Trinajstić information content (AvgIpc) is 3.21. The number of methoxy groups -OCH3 is 1. The minimum atomic E-state index is -0.329. The maximum atomic E-state index is 12.6. The van der Waals surface area contributed by atoms with Crippen LogP contribution in [0.2, 0.25) is 5.02 Å². The molecule has 1 N–H and O–H groups in total. The number of halogens is 1. The molecule has 2 aromatic carbocycles. The Bertz CT molecular complexity index is 1220. The Balaban J connectivity index is 1.46. The Kier molecular flexibility index (Phi) is 5.81. The summed E-state index contributed by atoms with van der Waals surface area (Å²) < 4.78 is 12.9. The second-order valence-corrected chi connectivity index (χ2v) is 6.92. The van der Waals surface area contributed by atoms with Gasteiger partial charge in [-0.1, -0.05) is 11.6 Å². The van der Waals surface area contributed by atoms with E-state index in [1.54, 1.807) is 54.7 Å². The fraction of sp³-hybridized carbons (Fsp3) is 0.0909. The molecule has 0 radical (unpaired) electrons. The van der Waals surface area contributed by atoms with E-state index < -0.39 is 0 Å². The molecule has 1 amide bonds. The van der Waals surface area contributed by atoms with Crippen LogP contribution in [0.25, 0.3) is 5.82 Å². The van der Waals surface area contributed by atoms with Crippen molar-refractivity contribution in [1.29, 1.82) is 0 Å². The lowest BCUT2D eigenvalue weighted by Gasteiger charge is -2.11. The van der Waals surface area contributed by atoms with Gasteiger partial charge in [0.25, 0.3) is 5.91 Å². The third-order valence-electron chi connectivity index (χ3n) is 4.44. The third kappa shape index (κ3) is 4.65. The summed E-state index contributed by atoms with van der Waals surface area (Å²) in [7, 11) is 1.50. The van der Waals surface area contributed by atoms with E-state index in [-0.39, 0.29) is 5.91 Å². The monoisotopic (exact) mass is 435 g/mol. The van der Waals surface area contributed by atoms with Crippen LogP contribution in [-0.4, -0.2) is 32.5 Å². The normalized spacial score (nSPS) is 10.5. The number of imidazole rings is 1. The van der Waals surface area contributed by atoms with Crippen molar-refractivity contribution >= 4 is 23.2 Å². The number of carbonyl (C=O) groups excluding carboxylic acids is 1. The van der Waals surface area contributed by atoms with Crippen LogP contribution in [0.15, 0.2) is 67.3 Å². The maximum Gasteiger partial charge on any atom is 0.259 e. The topological polar surface area (TPSA) is 91.2 Å². The summed E-state index contributed by atoms with van der Waals surface area (Å²) in [6, 6.07) is 13.5. The zero-order valence-electron chi connectivity index (χ0n) is 16.7. The third-order valence-corrected chi connectivity index (χ3v) is 4.68. The molecular formula is C22H18ClN5O3. The molecule has 0 aliphatic rings. The van der Waals surface area contributed by atoms with Gasteiger partial charge < -0.3 is 14.8 Å². The molecule has 0 saturated heterocycles. The molecule has 0 aliphatic heterocycles. The summed E-state index contributed by atoms with van der Waals surface area (Å²) in [6.45, 7) is 1.88. The fourth-order valence-corrected chi connectivity index (χ4v) is 3.09. The Morgan fingerprint density at radius 3 is 2.58 bits per heavy atom. The van der Waals surface area contributed by atoms with Crippen LogP contribution in [0.5, 0.6) is 17.4 Å². The van der Waals surface area contributed by atoms with Crippen LogP contribution in [0.1, 0.15) is 16.2 Å². The highest BCUT2D eigenvalue weighted by Crippen LogP contribution is 2.26. The molecule has 0 fully saturated rings. The molecular weight excluding hydrogens is 418 g/mol. The summed E-state index contributed by atoms with van der Waals surface area (Å²) in [4.78, 5) is 25.2. The van der Waals surface area contributed by atoms with Crippen LogP contribution < -0.4 is 14.8 Å². The number of amides is 1. The molecule has 0 aliphatic carbocycles. The molecule has 8 nitrogen and oxygen atoms in total. The lowest BCUT2D eigenvalue weighted by atomic mass is 10.2. The number of hydrogen-bond donors (Lipinski definition) is 1. The Labute approximate surface area is 183 Å². The van der Waals surface area contributed by atoms with Crippen LogP contribution in [0.4, 0.5) is 5.69 Å². The first-order chi connectivity index (χ1) is 15.0. The predicted molar refractivity (Wildman–Crippen MR) is 116 cm³/mol. The zero-order chi connectivity index (χ0) is 21.8. The summed E-state index contributed by atoms with van der Waals surface area (Å²) in [5.41, 5.74) is 0.940. The van der Waals surface area contributed by atoms with Gasteiger partial charge in [0.2, 0.25) is 5.88 Å². The summed E-state index contributed by atoms with van der Waals surface area (Å²) >= 11 is 6.00. The van der Waals surface area contributed by atoms with E-state index in [0.29, 0.717) is 39.5 Å². The number of hydrogen-bond acceptors (Lipinski definition) is 6. The minimum absolute atomic E-state index is 0.329. The van der Waals surface area contributed by atoms with Crippen LogP contribution in [0.3, 0.4) is 0 Å². The van der Waals surface area contributed by atoms with Crippen LogP contribution in [-0.2, 0) is 0 Å². The number of nitrogens with zero attached hydrogens (tertiary/aromatic N) is 4. The smallest absolute Gasteiger partial charge is 0.259 e. The van der Waals surface area contributed by atoms with Gasteiger partial charge in [-0.15, -0.1) is 0 Å². The molecule has 0 bridgehead atoms. The van der Waals surface area contributed by atoms with Gasteiger partial charge in [-0.05, 0) is 49.4 Å². The molecule has 2 heterocycles. The van der Waals surface area contributed by atoms with Gasteiger partial charge in [-0.3, -0.25) is 9.36 Å². The second-order valence-electron chi connectivity index (χ2n) is 6.48. The zero-order valence-corrected chi connectivity index (χ0v) is 17.5. The quantitative estimate of drug-likeness (QED) is 0.473. The molecule has 2 aromatic heterocycles. The second kappa shape index (κ2) is 8.85. The van der Waals surface area contributed by atoms with E-state index in [1.807, 2.05) is 17.7 Å². The van der Waals surface area contributed by atoms with Gasteiger partial charge in [-0.2, -0.15) is 0 Å². The predicted octanol–water partition coefficient (Wildman–Crippen LogP) is 4.68. The van der Waals surface area contributed by atoms with Crippen LogP contribution >= 0.6 is 11.6 Å². The molecule has 0 saturated carbocycles. The van der Waals surface area contributed by atoms with Crippen molar-refractivity contribution in [2.45, 2.75) is 6.92 Å². The minimum Gasteiger partial charge on any atom is -0.496 e. The van der Waals surface area contributed by atoms with Gasteiger partial charge in [0.05, 0.1) is 12.7 Å². The van der Waals surface area contributed by atoms with E-state index in [9.17, 15) is 4.79 Å². The summed E-state index contributed by atoms with van der Waals surface area (Å²) in [6.07, 6.45) is 4.94. The largest absolute Gasteiger partial charge is 0.496 e. The Morgan fingerprint density at radius 1 is 1.06 bits per heavy atom. The van der Waals surface area contributed by atoms with Gasteiger partial charge >= 0.3 is 0 Å². The van der Waals surface area contributed by atoms with Gasteiger partial charge in [-0.25, -0.2) is 15.0 Å². The van der Waals surface area contributed by atoms with Crippen molar-refractivity contribution in [3.63, 3.8) is 0 Å². The first-order valence-electron chi connectivity index (χ1n) is 9.28. The number of nitrogens with one attached hydrogen (secondary N) is 1. The SMILES string of the molecule is COc1ccc(Cl)cc1C(=O)Nc1ccc(Oc2cc(-n3ccnc3C)ncn2)cc1. The van der Waals surface area contributed by atoms with Gasteiger partial charge in [0.1, 0.15) is 29.5 Å². The number of anilines is 1. The van der Waals surface area contributed by atoms with Crippen molar-refractivity contribution in [1.82, 2.24) is 19.5 Å². The first-order valence-corrected chi connectivity index (χ1v) is 9.66. The fourth-order valence-electron chi connectivity index (χ4n) is 2.92. The number of rotatable bonds is 6. The highest BCUT2D eigenvalue weighted by molar-refractivity contribution is 6.31. The lowest BCUT2D eigenvalue weighted by molar-refractivity contribution is 0.102. The van der Waals surface area contributed by atoms with Crippen LogP contribution in [0, 0.1) is 6.92 Å². The molecule has 0 atom stereocenters. The molecule has 31 heavy (non-hydrogen) atoms. The maximum absolute atomic E-state index is 12.6. The molecule has 9 heteroatoms. The highest BCUT2D eigenvalue weighted by Gasteiger charge is 2.13. The van der Waals surface area contributed by atoms with Crippen molar-refractivity contribution in [3.05, 3.63) is 83.7 Å². The standard InChI is InChI=1S/C22H18ClN5O3/c1-14-24-9-10-28(14)20-12-21(26-13-25-20)31-17-6-4-16(5-7-17)27-22(29)18-11-15(23)3-8-19(18)30-2/h3-13H,1-2H3,(H,27,29). The van der Waals surface area contributed by atoms with E-state index in [1.165, 1.54) is 13.4 Å². The average molecular weight is 436 g/mol. The number of aryl methyl sites for hydroxylation is 1. The molecule has 156 valence electrons. The number of ether oxygens (including phenoxy) is 2. The Hall–Kier alpha value is -3.91. The highest BCUT2D eigenvalue weighted by atomic mass is 35.5. The molecule has 0 unspecified atom stereocenters. The van der Waals surface area contributed by atoms with E-state index >= 15 is 0 Å². The number of carbonyl (C=O) groups is 1.